The number of nitriles is 1. The van der Waals surface area contributed by atoms with Gasteiger partial charge in [0.25, 0.3) is 0 Å². The Morgan fingerprint density at radius 2 is 2.00 bits per heavy atom. The third-order valence-corrected chi connectivity index (χ3v) is 7.67. The van der Waals surface area contributed by atoms with Gasteiger partial charge < -0.3 is 5.32 Å². The van der Waals surface area contributed by atoms with Gasteiger partial charge in [0.2, 0.25) is 5.91 Å². The average molecular weight is 456 g/mol. The van der Waals surface area contributed by atoms with Gasteiger partial charge in [0, 0.05) is 11.4 Å². The van der Waals surface area contributed by atoms with Crippen LogP contribution in [0.2, 0.25) is 0 Å². The van der Waals surface area contributed by atoms with Crippen molar-refractivity contribution in [3.8, 4) is 6.07 Å². The number of nitrogens with one attached hydrogen (secondary N) is 1. The number of hydrogen-bond acceptors (Lipinski definition) is 4. The Labute approximate surface area is 200 Å². The number of carbonyl (C=O) groups excluding carboxylic acids is 1. The molecule has 2 aromatic carbocycles. The zero-order valence-corrected chi connectivity index (χ0v) is 20.2. The highest BCUT2D eigenvalue weighted by Crippen LogP contribution is 2.36. The summed E-state index contributed by atoms with van der Waals surface area (Å²) in [6, 6.07) is 20.9. The van der Waals surface area contributed by atoms with Gasteiger partial charge in [-0.1, -0.05) is 66.7 Å². The Morgan fingerprint density at radius 3 is 2.70 bits per heavy atom. The first-order valence-corrected chi connectivity index (χ1v) is 12.4. The lowest BCUT2D eigenvalue weighted by Gasteiger charge is -2.25. The summed E-state index contributed by atoms with van der Waals surface area (Å²) in [5, 5.41) is 13.2. The van der Waals surface area contributed by atoms with Gasteiger partial charge in [0.15, 0.2) is 0 Å². The van der Waals surface area contributed by atoms with Crippen LogP contribution >= 0.6 is 11.8 Å². The number of nitrogens with zero attached hydrogens (tertiary/aromatic N) is 2. The van der Waals surface area contributed by atoms with Crippen LogP contribution in [0.4, 0.5) is 5.69 Å². The van der Waals surface area contributed by atoms with Crippen molar-refractivity contribution >= 4 is 23.4 Å². The highest BCUT2D eigenvalue weighted by molar-refractivity contribution is 8.00. The fourth-order valence-electron chi connectivity index (χ4n) is 4.45. The number of amides is 1. The van der Waals surface area contributed by atoms with Crippen molar-refractivity contribution in [3.63, 3.8) is 0 Å². The molecule has 1 aliphatic rings. The Morgan fingerprint density at radius 1 is 1.21 bits per heavy atom. The van der Waals surface area contributed by atoms with E-state index in [-0.39, 0.29) is 11.2 Å². The highest BCUT2D eigenvalue weighted by Gasteiger charge is 2.26. The molecular formula is C28H29N3OS. The molecule has 0 saturated heterocycles. The van der Waals surface area contributed by atoms with Crippen molar-refractivity contribution in [2.24, 2.45) is 0 Å². The monoisotopic (exact) mass is 455 g/mol. The summed E-state index contributed by atoms with van der Waals surface area (Å²) in [7, 11) is 0. The van der Waals surface area contributed by atoms with Gasteiger partial charge in [-0.2, -0.15) is 5.26 Å². The molecule has 4 nitrogen and oxygen atoms in total. The maximum Gasteiger partial charge on any atom is 0.237 e. The second-order valence-corrected chi connectivity index (χ2v) is 9.92. The minimum Gasteiger partial charge on any atom is -0.325 e. The number of benzene rings is 2. The molecule has 2 unspecified atom stereocenters. The standard InChI is InChI=1S/C28H29N3OS/c1-4-26(27(32)30-24-12-10-18(2)14-19(24)3)33-28-23(17-29)16-22-15-21(11-13-25(22)31-28)20-8-6-5-7-9-20/h5-10,12,14,16,21,26H,4,11,13,15H2,1-3H3,(H,30,32). The van der Waals surface area contributed by atoms with E-state index in [1.807, 2.05) is 45.0 Å². The number of aryl methyl sites for hydroxylation is 3. The smallest absolute Gasteiger partial charge is 0.237 e. The average Bonchev–Trinajstić information content (AvgIpc) is 2.83. The van der Waals surface area contributed by atoms with Gasteiger partial charge >= 0.3 is 0 Å². The molecule has 0 bridgehead atoms. The SMILES string of the molecule is CCC(Sc1nc2c(cc1C#N)CC(c1ccccc1)CC2)C(=O)Nc1ccc(C)cc1C. The number of thioether (sulfide) groups is 1. The molecule has 0 fully saturated rings. The van der Waals surface area contributed by atoms with Crippen molar-refractivity contribution in [2.45, 2.75) is 62.6 Å². The number of rotatable bonds is 6. The van der Waals surface area contributed by atoms with Crippen molar-refractivity contribution in [3.05, 3.63) is 88.1 Å². The molecule has 1 heterocycles. The number of hydrogen-bond donors (Lipinski definition) is 1. The predicted molar refractivity (Wildman–Crippen MR) is 135 cm³/mol. The maximum absolute atomic E-state index is 13.0. The summed E-state index contributed by atoms with van der Waals surface area (Å²) < 4.78 is 0. The van der Waals surface area contributed by atoms with Gasteiger partial charge in [-0.25, -0.2) is 4.98 Å². The van der Waals surface area contributed by atoms with Crippen LogP contribution in [0, 0.1) is 25.2 Å². The third kappa shape index (κ3) is 5.29. The summed E-state index contributed by atoms with van der Waals surface area (Å²) in [5.74, 6) is 0.402. The molecule has 0 radical (unpaired) electrons. The fourth-order valence-corrected chi connectivity index (χ4v) is 5.45. The molecule has 168 valence electrons. The van der Waals surface area contributed by atoms with E-state index < -0.39 is 0 Å². The third-order valence-electron chi connectivity index (χ3n) is 6.30. The van der Waals surface area contributed by atoms with Gasteiger partial charge in [0.1, 0.15) is 11.1 Å². The van der Waals surface area contributed by atoms with Crippen LogP contribution in [0.25, 0.3) is 0 Å². The normalized spacial score (nSPS) is 15.9. The quantitative estimate of drug-likeness (QED) is 0.440. The van der Waals surface area contributed by atoms with Crippen molar-refractivity contribution in [1.29, 1.82) is 5.26 Å². The lowest BCUT2D eigenvalue weighted by Crippen LogP contribution is -2.25. The largest absolute Gasteiger partial charge is 0.325 e. The van der Waals surface area contributed by atoms with Crippen LogP contribution < -0.4 is 5.32 Å². The van der Waals surface area contributed by atoms with E-state index >= 15 is 0 Å². The number of aromatic nitrogens is 1. The Bertz CT molecular complexity index is 1200. The van der Waals surface area contributed by atoms with Crippen LogP contribution in [-0.4, -0.2) is 16.1 Å². The van der Waals surface area contributed by atoms with Gasteiger partial charge in [-0.3, -0.25) is 4.79 Å². The van der Waals surface area contributed by atoms with Gasteiger partial charge in [0.05, 0.1) is 10.8 Å². The summed E-state index contributed by atoms with van der Waals surface area (Å²) in [6.45, 7) is 6.03. The molecule has 2 atom stereocenters. The van der Waals surface area contributed by atoms with E-state index in [0.29, 0.717) is 22.9 Å². The lowest BCUT2D eigenvalue weighted by molar-refractivity contribution is -0.115. The zero-order valence-electron chi connectivity index (χ0n) is 19.4. The molecule has 3 aromatic rings. The van der Waals surface area contributed by atoms with Gasteiger partial charge in [-0.05, 0) is 74.3 Å². The Balaban J connectivity index is 1.52. The zero-order chi connectivity index (χ0) is 23.4. The molecule has 33 heavy (non-hydrogen) atoms. The molecule has 1 N–H and O–H groups in total. The fraction of sp³-hybridized carbons (Fsp3) is 0.321. The van der Waals surface area contributed by atoms with Crippen LogP contribution in [0.3, 0.4) is 0 Å². The van der Waals surface area contributed by atoms with Gasteiger partial charge in [-0.15, -0.1) is 0 Å². The minimum atomic E-state index is -0.316. The molecule has 0 saturated carbocycles. The van der Waals surface area contributed by atoms with Crippen LogP contribution in [-0.2, 0) is 17.6 Å². The van der Waals surface area contributed by atoms with E-state index in [9.17, 15) is 10.1 Å². The Kier molecular flexibility index (Phi) is 7.15. The first-order valence-electron chi connectivity index (χ1n) is 11.5. The molecule has 1 aliphatic carbocycles. The topological polar surface area (TPSA) is 65.8 Å². The maximum atomic E-state index is 13.0. The number of fused-ring (bicyclic) bond motifs is 1. The highest BCUT2D eigenvalue weighted by atomic mass is 32.2. The molecule has 4 rings (SSSR count). The molecule has 0 aliphatic heterocycles. The van der Waals surface area contributed by atoms with Crippen molar-refractivity contribution in [1.82, 2.24) is 4.98 Å². The Hall–Kier alpha value is -3.10. The summed E-state index contributed by atoms with van der Waals surface area (Å²) in [6.07, 6.45) is 3.49. The van der Waals surface area contributed by atoms with E-state index in [1.54, 1.807) is 0 Å². The second-order valence-electron chi connectivity index (χ2n) is 8.73. The van der Waals surface area contributed by atoms with E-state index in [0.717, 1.165) is 41.8 Å². The molecule has 0 spiro atoms. The lowest BCUT2D eigenvalue weighted by atomic mass is 9.82. The molecule has 5 heteroatoms. The number of carbonyl (C=O) groups is 1. The number of anilines is 1. The summed E-state index contributed by atoms with van der Waals surface area (Å²) in [4.78, 5) is 17.9. The molecular weight excluding hydrogens is 426 g/mol. The van der Waals surface area contributed by atoms with Crippen molar-refractivity contribution < 1.29 is 4.79 Å². The van der Waals surface area contributed by atoms with Crippen LogP contribution in [0.1, 0.15) is 59.2 Å². The minimum absolute atomic E-state index is 0.0537. The molecule has 1 aromatic heterocycles. The van der Waals surface area contributed by atoms with E-state index in [4.69, 9.17) is 4.98 Å². The van der Waals surface area contributed by atoms with Crippen LogP contribution in [0.15, 0.2) is 59.6 Å². The predicted octanol–water partition coefficient (Wildman–Crippen LogP) is 6.35. The summed E-state index contributed by atoms with van der Waals surface area (Å²) >= 11 is 1.40. The second kappa shape index (κ2) is 10.2. The summed E-state index contributed by atoms with van der Waals surface area (Å²) in [5.41, 5.74) is 7.16. The van der Waals surface area contributed by atoms with Crippen molar-refractivity contribution in [2.75, 3.05) is 5.32 Å². The first-order chi connectivity index (χ1) is 16.0. The van der Waals surface area contributed by atoms with Crippen LogP contribution in [0.5, 0.6) is 0 Å². The first kappa shape index (κ1) is 23.1. The van der Waals surface area contributed by atoms with E-state index in [1.165, 1.54) is 22.9 Å². The number of pyridine rings is 1. The molecule has 1 amide bonds. The van der Waals surface area contributed by atoms with E-state index in [2.05, 4.69) is 41.7 Å².